The molecule has 130 valence electrons. The summed E-state index contributed by atoms with van der Waals surface area (Å²) < 4.78 is 6.13. The normalized spacial score (nSPS) is 35.3. The van der Waals surface area contributed by atoms with Gasteiger partial charge in [-0.1, -0.05) is 13.8 Å². The second-order valence-corrected chi connectivity index (χ2v) is 7.76. The maximum Gasteiger partial charge on any atom is 0.245 e. The number of rotatable bonds is 4. The van der Waals surface area contributed by atoms with E-state index in [9.17, 15) is 9.59 Å². The molecule has 2 atom stereocenters. The van der Waals surface area contributed by atoms with Gasteiger partial charge < -0.3 is 10.1 Å². The lowest BCUT2D eigenvalue weighted by atomic mass is 9.83. The minimum Gasteiger partial charge on any atom is -0.353 e. The number of nitrogens with one attached hydrogen (secondary N) is 1. The van der Waals surface area contributed by atoms with Crippen LogP contribution in [-0.4, -0.2) is 41.1 Å². The predicted octanol–water partition coefficient (Wildman–Crippen LogP) is 2.44. The molecule has 23 heavy (non-hydrogen) atoms. The Kier molecular flexibility index (Phi) is 4.68. The van der Waals surface area contributed by atoms with Gasteiger partial charge in [-0.3, -0.25) is 14.5 Å². The highest BCUT2D eigenvalue weighted by Gasteiger charge is 2.55. The number of carbonyl (C=O) groups excluding carboxylic acids is 2. The number of amides is 2. The molecule has 3 rings (SSSR count). The van der Waals surface area contributed by atoms with Crippen molar-refractivity contribution in [3.8, 4) is 0 Å². The van der Waals surface area contributed by atoms with E-state index in [0.29, 0.717) is 12.5 Å². The van der Waals surface area contributed by atoms with Gasteiger partial charge in [-0.25, -0.2) is 0 Å². The Balaban J connectivity index is 1.79. The first-order valence-corrected chi connectivity index (χ1v) is 9.24. The van der Waals surface area contributed by atoms with Crippen LogP contribution >= 0.6 is 0 Å². The van der Waals surface area contributed by atoms with Crippen molar-refractivity contribution in [3.05, 3.63) is 0 Å². The fourth-order valence-electron chi connectivity index (χ4n) is 3.78. The molecule has 0 aromatic heterocycles. The minimum atomic E-state index is -0.524. The van der Waals surface area contributed by atoms with Gasteiger partial charge in [-0.05, 0) is 57.8 Å². The van der Waals surface area contributed by atoms with E-state index < -0.39 is 11.8 Å². The van der Waals surface area contributed by atoms with Gasteiger partial charge >= 0.3 is 0 Å². The number of ether oxygens (including phenoxy) is 1. The Hall–Kier alpha value is -1.10. The molecular weight excluding hydrogens is 292 g/mol. The van der Waals surface area contributed by atoms with Gasteiger partial charge in [0.05, 0.1) is 6.61 Å². The summed E-state index contributed by atoms with van der Waals surface area (Å²) in [7, 11) is 0. The maximum absolute atomic E-state index is 12.9. The lowest BCUT2D eigenvalue weighted by molar-refractivity contribution is -0.162. The van der Waals surface area contributed by atoms with Gasteiger partial charge in [0.1, 0.15) is 11.8 Å². The molecule has 0 aromatic carbocycles. The Bertz CT molecular complexity index is 467. The zero-order valence-electron chi connectivity index (χ0n) is 14.6. The van der Waals surface area contributed by atoms with Crippen molar-refractivity contribution < 1.29 is 14.3 Å². The molecule has 3 fully saturated rings. The summed E-state index contributed by atoms with van der Waals surface area (Å²) in [6, 6.07) is -0.325. The van der Waals surface area contributed by atoms with Crippen molar-refractivity contribution in [2.75, 3.05) is 6.61 Å². The molecule has 3 aliphatic rings. The quantitative estimate of drug-likeness (QED) is 0.865. The zero-order chi connectivity index (χ0) is 16.6. The molecule has 1 spiro atoms. The number of hydrogen-bond acceptors (Lipinski definition) is 3. The predicted molar refractivity (Wildman–Crippen MR) is 87.6 cm³/mol. The second-order valence-electron chi connectivity index (χ2n) is 7.76. The Morgan fingerprint density at radius 2 is 1.91 bits per heavy atom. The van der Waals surface area contributed by atoms with Crippen molar-refractivity contribution in [2.24, 2.45) is 11.8 Å². The Morgan fingerprint density at radius 1 is 1.26 bits per heavy atom. The van der Waals surface area contributed by atoms with Crippen LogP contribution in [0.1, 0.15) is 65.7 Å². The summed E-state index contributed by atoms with van der Waals surface area (Å²) in [5, 5.41) is 3.03. The van der Waals surface area contributed by atoms with Gasteiger partial charge in [-0.15, -0.1) is 0 Å². The summed E-state index contributed by atoms with van der Waals surface area (Å²) in [4.78, 5) is 27.4. The van der Waals surface area contributed by atoms with E-state index in [1.807, 2.05) is 18.7 Å². The Morgan fingerprint density at radius 3 is 2.48 bits per heavy atom. The van der Waals surface area contributed by atoms with Crippen molar-refractivity contribution >= 4 is 11.8 Å². The van der Waals surface area contributed by atoms with E-state index in [4.69, 9.17) is 4.74 Å². The van der Waals surface area contributed by atoms with E-state index in [0.717, 1.165) is 44.9 Å². The van der Waals surface area contributed by atoms with Crippen molar-refractivity contribution in [1.29, 1.82) is 0 Å². The second kappa shape index (κ2) is 6.42. The van der Waals surface area contributed by atoms with E-state index >= 15 is 0 Å². The number of hydrogen-bond donors (Lipinski definition) is 1. The van der Waals surface area contributed by atoms with Gasteiger partial charge in [0.2, 0.25) is 11.8 Å². The van der Waals surface area contributed by atoms with Gasteiger partial charge in [0, 0.05) is 12.0 Å². The summed E-state index contributed by atoms with van der Waals surface area (Å²) in [5.74, 6) is 0.882. The third kappa shape index (κ3) is 3.25. The number of nitrogens with zero attached hydrogens (tertiary/aromatic N) is 1. The van der Waals surface area contributed by atoms with Gasteiger partial charge in [0.25, 0.3) is 0 Å². The molecule has 0 radical (unpaired) electrons. The monoisotopic (exact) mass is 322 g/mol. The maximum atomic E-state index is 12.9. The van der Waals surface area contributed by atoms with E-state index in [1.54, 1.807) is 0 Å². The molecule has 0 unspecified atom stereocenters. The van der Waals surface area contributed by atoms with Crippen LogP contribution in [0.25, 0.3) is 0 Å². The van der Waals surface area contributed by atoms with Crippen molar-refractivity contribution in [1.82, 2.24) is 10.2 Å². The summed E-state index contributed by atoms with van der Waals surface area (Å²) in [6.07, 6.45) is 6.66. The molecule has 2 aliphatic carbocycles. The van der Waals surface area contributed by atoms with Crippen LogP contribution < -0.4 is 5.32 Å². The molecule has 1 heterocycles. The fourth-order valence-corrected chi connectivity index (χ4v) is 3.78. The molecule has 1 saturated heterocycles. The third-order valence-corrected chi connectivity index (χ3v) is 5.78. The SMILES string of the molecule is CC[C@H](C)NC(=O)[C@@H]1COC2(CCC(C)CC2)N1C(=O)C1CC1. The standard InChI is InChI=1S/C18H30N2O3/c1-4-13(3)19-16(21)15-11-23-18(9-7-12(2)8-10-18)20(15)17(22)14-5-6-14/h12-15H,4-11H2,1-3H3,(H,19,21)/t12?,13-,15-,18?/m0/s1. The first kappa shape index (κ1) is 16.7. The van der Waals surface area contributed by atoms with Crippen LogP contribution in [0.15, 0.2) is 0 Å². The van der Waals surface area contributed by atoms with Crippen LogP contribution in [0, 0.1) is 11.8 Å². The first-order chi connectivity index (χ1) is 11.0. The molecule has 2 saturated carbocycles. The highest BCUT2D eigenvalue weighted by atomic mass is 16.5. The largest absolute Gasteiger partial charge is 0.353 e. The molecule has 5 heteroatoms. The van der Waals surface area contributed by atoms with Crippen molar-refractivity contribution in [2.45, 2.75) is 83.5 Å². The molecule has 2 amide bonds. The van der Waals surface area contributed by atoms with Gasteiger partial charge in [0.15, 0.2) is 0 Å². The summed E-state index contributed by atoms with van der Waals surface area (Å²) in [5.41, 5.74) is -0.524. The lowest BCUT2D eigenvalue weighted by Gasteiger charge is -2.43. The van der Waals surface area contributed by atoms with Crippen LogP contribution in [0.5, 0.6) is 0 Å². The minimum absolute atomic E-state index is 0.0520. The van der Waals surface area contributed by atoms with Crippen LogP contribution in [0.3, 0.4) is 0 Å². The average Bonchev–Trinajstić information content (AvgIpc) is 3.32. The van der Waals surface area contributed by atoms with Crippen molar-refractivity contribution in [3.63, 3.8) is 0 Å². The highest BCUT2D eigenvalue weighted by molar-refractivity contribution is 5.90. The molecule has 1 aliphatic heterocycles. The Labute approximate surface area is 139 Å². The first-order valence-electron chi connectivity index (χ1n) is 9.24. The fraction of sp³-hybridized carbons (Fsp3) is 0.889. The van der Waals surface area contributed by atoms with Gasteiger partial charge in [-0.2, -0.15) is 0 Å². The van der Waals surface area contributed by atoms with E-state index in [1.165, 1.54) is 0 Å². The molecule has 1 N–H and O–H groups in total. The third-order valence-electron chi connectivity index (χ3n) is 5.78. The van der Waals surface area contributed by atoms with Crippen LogP contribution in [0.2, 0.25) is 0 Å². The summed E-state index contributed by atoms with van der Waals surface area (Å²) >= 11 is 0. The van der Waals surface area contributed by atoms with E-state index in [-0.39, 0.29) is 23.8 Å². The molecule has 5 nitrogen and oxygen atoms in total. The zero-order valence-corrected chi connectivity index (χ0v) is 14.6. The van der Waals surface area contributed by atoms with Crippen LogP contribution in [-0.2, 0) is 14.3 Å². The van der Waals surface area contributed by atoms with E-state index in [2.05, 4.69) is 12.2 Å². The summed E-state index contributed by atoms with van der Waals surface area (Å²) in [6.45, 7) is 6.64. The topological polar surface area (TPSA) is 58.6 Å². The number of carbonyl (C=O) groups is 2. The van der Waals surface area contributed by atoms with Crippen LogP contribution in [0.4, 0.5) is 0 Å². The smallest absolute Gasteiger partial charge is 0.245 e. The highest BCUT2D eigenvalue weighted by Crippen LogP contribution is 2.45. The molecule has 0 bridgehead atoms. The molecular formula is C18H30N2O3. The lowest BCUT2D eigenvalue weighted by Crippen LogP contribution is -2.57. The average molecular weight is 322 g/mol. The molecule has 0 aromatic rings.